The smallest absolute Gasteiger partial charge is 0.371 e. The Bertz CT molecular complexity index is 481. The Morgan fingerprint density at radius 3 is 2.87 bits per heavy atom. The predicted octanol–water partition coefficient (Wildman–Crippen LogP) is 1.85. The molecule has 1 aliphatic heterocycles. The van der Waals surface area contributed by atoms with Crippen LogP contribution in [0.3, 0.4) is 0 Å². The minimum absolute atomic E-state index is 0.0799. The van der Waals surface area contributed by atoms with Gasteiger partial charge in [0.15, 0.2) is 5.82 Å². The molecule has 1 aromatic rings. The van der Waals surface area contributed by atoms with E-state index in [0.29, 0.717) is 30.8 Å². The zero-order valence-corrected chi connectivity index (χ0v) is 13.5. The largest absolute Gasteiger partial charge is 0.411 e. The molecule has 1 saturated heterocycles. The fourth-order valence-electron chi connectivity index (χ4n) is 2.72. The van der Waals surface area contributed by atoms with Crippen LogP contribution in [0.1, 0.15) is 24.6 Å². The summed E-state index contributed by atoms with van der Waals surface area (Å²) in [7, 11) is 1.92. The number of halogens is 3. The van der Waals surface area contributed by atoms with Crippen molar-refractivity contribution in [3.8, 4) is 0 Å². The monoisotopic (exact) mass is 336 g/mol. The Hall–Kier alpha value is -1.19. The van der Waals surface area contributed by atoms with Crippen LogP contribution >= 0.6 is 0 Å². The SMILES string of the molecule is Cc1nc(CN2CCC[C@@H](N(C)CCOCC(F)(F)F)C2)no1. The second-order valence-corrected chi connectivity index (χ2v) is 5.91. The Morgan fingerprint density at radius 1 is 1.43 bits per heavy atom. The second-order valence-electron chi connectivity index (χ2n) is 5.91. The first-order valence-corrected chi connectivity index (χ1v) is 7.70. The number of alkyl halides is 3. The third kappa shape index (κ3) is 6.44. The Labute approximate surface area is 133 Å². The molecule has 0 bridgehead atoms. The molecule has 9 heteroatoms. The van der Waals surface area contributed by atoms with Crippen LogP contribution < -0.4 is 0 Å². The third-order valence-corrected chi connectivity index (χ3v) is 3.89. The van der Waals surface area contributed by atoms with Crippen LogP contribution in [0.15, 0.2) is 4.52 Å². The van der Waals surface area contributed by atoms with E-state index in [1.165, 1.54) is 0 Å². The van der Waals surface area contributed by atoms with Gasteiger partial charge in [0.25, 0.3) is 0 Å². The van der Waals surface area contributed by atoms with E-state index in [2.05, 4.69) is 24.7 Å². The zero-order chi connectivity index (χ0) is 16.9. The zero-order valence-electron chi connectivity index (χ0n) is 13.5. The highest BCUT2D eigenvalue weighted by molar-refractivity contribution is 4.87. The average Bonchev–Trinajstić information content (AvgIpc) is 2.88. The van der Waals surface area contributed by atoms with Crippen molar-refractivity contribution < 1.29 is 22.4 Å². The molecule has 23 heavy (non-hydrogen) atoms. The van der Waals surface area contributed by atoms with Gasteiger partial charge >= 0.3 is 6.18 Å². The first kappa shape index (κ1) is 18.2. The summed E-state index contributed by atoms with van der Waals surface area (Å²) in [5, 5.41) is 3.90. The van der Waals surface area contributed by atoms with Crippen molar-refractivity contribution in [2.45, 2.75) is 38.5 Å². The maximum absolute atomic E-state index is 12.0. The van der Waals surface area contributed by atoms with E-state index in [-0.39, 0.29) is 6.61 Å². The van der Waals surface area contributed by atoms with Gasteiger partial charge in [-0.15, -0.1) is 0 Å². The average molecular weight is 336 g/mol. The van der Waals surface area contributed by atoms with Gasteiger partial charge in [-0.05, 0) is 26.4 Å². The molecule has 0 spiro atoms. The number of aromatic nitrogens is 2. The summed E-state index contributed by atoms with van der Waals surface area (Å²) >= 11 is 0. The van der Waals surface area contributed by atoms with Crippen molar-refractivity contribution in [2.24, 2.45) is 0 Å². The van der Waals surface area contributed by atoms with Crippen LogP contribution in [0.25, 0.3) is 0 Å². The summed E-state index contributed by atoms with van der Waals surface area (Å²) in [6.45, 7) is 3.56. The normalized spacial score (nSPS) is 20.3. The number of likely N-dealkylation sites (tertiary alicyclic amines) is 1. The van der Waals surface area contributed by atoms with E-state index in [0.717, 1.165) is 25.9 Å². The topological polar surface area (TPSA) is 54.6 Å². The number of likely N-dealkylation sites (N-methyl/N-ethyl adjacent to an activating group) is 1. The molecule has 0 saturated carbocycles. The van der Waals surface area contributed by atoms with Crippen LogP contribution in [-0.2, 0) is 11.3 Å². The maximum Gasteiger partial charge on any atom is 0.411 e. The van der Waals surface area contributed by atoms with Crippen molar-refractivity contribution in [1.82, 2.24) is 19.9 Å². The van der Waals surface area contributed by atoms with Gasteiger partial charge < -0.3 is 9.26 Å². The maximum atomic E-state index is 12.0. The van der Waals surface area contributed by atoms with E-state index in [1.807, 2.05) is 7.05 Å². The fourth-order valence-corrected chi connectivity index (χ4v) is 2.72. The van der Waals surface area contributed by atoms with E-state index in [4.69, 9.17) is 4.52 Å². The van der Waals surface area contributed by atoms with Gasteiger partial charge in [0.05, 0.1) is 13.2 Å². The van der Waals surface area contributed by atoms with Gasteiger partial charge in [-0.1, -0.05) is 5.16 Å². The third-order valence-electron chi connectivity index (χ3n) is 3.89. The van der Waals surface area contributed by atoms with E-state index < -0.39 is 12.8 Å². The van der Waals surface area contributed by atoms with Gasteiger partial charge in [-0.25, -0.2) is 0 Å². The fraction of sp³-hybridized carbons (Fsp3) is 0.857. The van der Waals surface area contributed by atoms with Crippen LogP contribution in [0, 0.1) is 6.92 Å². The molecule has 1 aromatic heterocycles. The number of rotatable bonds is 7. The molecular weight excluding hydrogens is 313 g/mol. The van der Waals surface area contributed by atoms with Crippen LogP contribution in [0.2, 0.25) is 0 Å². The van der Waals surface area contributed by atoms with E-state index >= 15 is 0 Å². The number of nitrogens with zero attached hydrogens (tertiary/aromatic N) is 4. The van der Waals surface area contributed by atoms with Crippen LogP contribution in [0.5, 0.6) is 0 Å². The molecule has 6 nitrogen and oxygen atoms in total. The molecule has 0 unspecified atom stereocenters. The quantitative estimate of drug-likeness (QED) is 0.709. The number of piperidine rings is 1. The van der Waals surface area contributed by atoms with Crippen molar-refractivity contribution in [3.05, 3.63) is 11.7 Å². The molecule has 0 N–H and O–H groups in total. The molecule has 1 atom stereocenters. The molecule has 132 valence electrons. The lowest BCUT2D eigenvalue weighted by atomic mass is 10.0. The molecule has 2 heterocycles. The van der Waals surface area contributed by atoms with Crippen molar-refractivity contribution in [2.75, 3.05) is 39.9 Å². The summed E-state index contributed by atoms with van der Waals surface area (Å²) < 4.78 is 45.7. The summed E-state index contributed by atoms with van der Waals surface area (Å²) in [5.41, 5.74) is 0. The molecule has 0 radical (unpaired) electrons. The lowest BCUT2D eigenvalue weighted by Gasteiger charge is -2.37. The van der Waals surface area contributed by atoms with Gasteiger partial charge in [0.1, 0.15) is 6.61 Å². The molecule has 2 rings (SSSR count). The van der Waals surface area contributed by atoms with Gasteiger partial charge in [0, 0.05) is 26.1 Å². The molecule has 0 aliphatic carbocycles. The summed E-state index contributed by atoms with van der Waals surface area (Å²) in [6, 6.07) is 0.297. The van der Waals surface area contributed by atoms with Gasteiger partial charge in [-0.2, -0.15) is 18.2 Å². The van der Waals surface area contributed by atoms with Crippen LogP contribution in [0.4, 0.5) is 13.2 Å². The Kier molecular flexibility index (Phi) is 6.37. The Morgan fingerprint density at radius 2 is 2.22 bits per heavy atom. The molecular formula is C14H23F3N4O2. The Balaban J connectivity index is 1.72. The highest BCUT2D eigenvalue weighted by Gasteiger charge is 2.28. The summed E-state index contributed by atoms with van der Waals surface area (Å²) in [5.74, 6) is 1.21. The summed E-state index contributed by atoms with van der Waals surface area (Å²) in [4.78, 5) is 8.50. The highest BCUT2D eigenvalue weighted by atomic mass is 19.4. The lowest BCUT2D eigenvalue weighted by Crippen LogP contribution is -2.47. The second kappa shape index (κ2) is 8.07. The lowest BCUT2D eigenvalue weighted by molar-refractivity contribution is -0.174. The first-order chi connectivity index (χ1) is 10.8. The highest BCUT2D eigenvalue weighted by Crippen LogP contribution is 2.17. The van der Waals surface area contributed by atoms with E-state index in [9.17, 15) is 13.2 Å². The van der Waals surface area contributed by atoms with Crippen molar-refractivity contribution in [3.63, 3.8) is 0 Å². The van der Waals surface area contributed by atoms with Crippen molar-refractivity contribution >= 4 is 0 Å². The molecule has 1 aliphatic rings. The van der Waals surface area contributed by atoms with E-state index in [1.54, 1.807) is 6.92 Å². The molecule has 0 aromatic carbocycles. The van der Waals surface area contributed by atoms with Gasteiger partial charge in [-0.3, -0.25) is 9.80 Å². The number of hydrogen-bond acceptors (Lipinski definition) is 6. The molecule has 1 fully saturated rings. The van der Waals surface area contributed by atoms with Crippen molar-refractivity contribution in [1.29, 1.82) is 0 Å². The number of ether oxygens (including phenoxy) is 1. The minimum Gasteiger partial charge on any atom is -0.371 e. The summed E-state index contributed by atoms with van der Waals surface area (Å²) in [6.07, 6.45) is -2.20. The van der Waals surface area contributed by atoms with Crippen LogP contribution in [-0.4, -0.2) is 72.1 Å². The van der Waals surface area contributed by atoms with Gasteiger partial charge in [0.2, 0.25) is 5.89 Å². The number of hydrogen-bond donors (Lipinski definition) is 0. The predicted molar refractivity (Wildman–Crippen MR) is 76.8 cm³/mol. The minimum atomic E-state index is -4.26. The molecule has 0 amide bonds. The number of aryl methyl sites for hydroxylation is 1. The first-order valence-electron chi connectivity index (χ1n) is 7.70. The standard InChI is InChI=1S/C14H23F3N4O2/c1-11-18-13(19-23-11)9-21-5-3-4-12(8-21)20(2)6-7-22-10-14(15,16)17/h12H,3-10H2,1-2H3/t12-/m1/s1.